The van der Waals surface area contributed by atoms with Crippen LogP contribution in [0.25, 0.3) is 16.4 Å². The van der Waals surface area contributed by atoms with Crippen molar-refractivity contribution < 1.29 is 0 Å². The van der Waals surface area contributed by atoms with Crippen molar-refractivity contribution in [2.24, 2.45) is 0 Å². The molecule has 1 aromatic carbocycles. The lowest BCUT2D eigenvalue weighted by atomic mass is 10.0. The number of nitriles is 1. The number of aryl methyl sites for hydroxylation is 4. The van der Waals surface area contributed by atoms with Crippen LogP contribution in [0.1, 0.15) is 27.4 Å². The van der Waals surface area contributed by atoms with Crippen molar-refractivity contribution in [3.05, 3.63) is 45.6 Å². The summed E-state index contributed by atoms with van der Waals surface area (Å²) in [4.78, 5) is 5.66. The second-order valence-electron chi connectivity index (χ2n) is 5.25. The second-order valence-corrected chi connectivity index (χ2v) is 6.43. The highest BCUT2D eigenvalue weighted by Crippen LogP contribution is 2.29. The van der Waals surface area contributed by atoms with E-state index in [0.29, 0.717) is 11.4 Å². The lowest BCUT2D eigenvalue weighted by Crippen LogP contribution is -2.00. The van der Waals surface area contributed by atoms with Crippen molar-refractivity contribution in [3.8, 4) is 22.5 Å². The predicted octanol–water partition coefficient (Wildman–Crippen LogP) is 3.50. The van der Waals surface area contributed by atoms with E-state index in [0.717, 1.165) is 21.3 Å². The summed E-state index contributed by atoms with van der Waals surface area (Å²) in [6, 6.07) is 8.21. The predicted molar refractivity (Wildman–Crippen MR) is 86.1 cm³/mol. The Morgan fingerprint density at radius 3 is 2.50 bits per heavy atom. The first-order valence-corrected chi connectivity index (χ1v) is 7.70. The van der Waals surface area contributed by atoms with Gasteiger partial charge in [0.1, 0.15) is 11.8 Å². The number of thiazole rings is 1. The zero-order valence-electron chi connectivity index (χ0n) is 12.9. The van der Waals surface area contributed by atoms with Crippen LogP contribution in [0.3, 0.4) is 0 Å². The normalized spacial score (nSPS) is 10.7. The van der Waals surface area contributed by atoms with Crippen LogP contribution in [-0.4, -0.2) is 20.0 Å². The molecule has 0 N–H and O–H groups in total. The molecule has 0 bridgehead atoms. The Labute approximate surface area is 132 Å². The number of benzene rings is 1. The zero-order valence-corrected chi connectivity index (χ0v) is 13.7. The maximum Gasteiger partial charge on any atom is 0.212 e. The summed E-state index contributed by atoms with van der Waals surface area (Å²) in [7, 11) is 0. The highest BCUT2D eigenvalue weighted by Gasteiger charge is 2.19. The van der Waals surface area contributed by atoms with Crippen molar-refractivity contribution >= 4 is 11.3 Å². The molecular formula is C16H15N5S. The standard InChI is InChI=1S/C16H15N5S/c1-9-5-6-13(7-10(9)2)15-14(8-17)19-20-21(15)16-18-11(3)12(4)22-16/h5-7H,1-4H3. The fraction of sp³-hybridized carbons (Fsp3) is 0.250. The van der Waals surface area contributed by atoms with Gasteiger partial charge in [0.05, 0.1) is 5.69 Å². The molecule has 2 heterocycles. The molecule has 0 saturated carbocycles. The van der Waals surface area contributed by atoms with Crippen LogP contribution >= 0.6 is 11.3 Å². The van der Waals surface area contributed by atoms with Gasteiger partial charge >= 0.3 is 0 Å². The van der Waals surface area contributed by atoms with Crippen molar-refractivity contribution in [2.45, 2.75) is 27.7 Å². The van der Waals surface area contributed by atoms with Gasteiger partial charge in [-0.05, 0) is 44.9 Å². The molecule has 3 aromatic rings. The molecule has 22 heavy (non-hydrogen) atoms. The van der Waals surface area contributed by atoms with E-state index in [4.69, 9.17) is 0 Å². The summed E-state index contributed by atoms with van der Waals surface area (Å²) in [6.07, 6.45) is 0. The van der Waals surface area contributed by atoms with Crippen LogP contribution < -0.4 is 0 Å². The van der Waals surface area contributed by atoms with Crippen LogP contribution in [0.15, 0.2) is 18.2 Å². The maximum absolute atomic E-state index is 9.34. The van der Waals surface area contributed by atoms with Crippen molar-refractivity contribution in [2.75, 3.05) is 0 Å². The van der Waals surface area contributed by atoms with Crippen LogP contribution in [0.4, 0.5) is 0 Å². The first kappa shape index (κ1) is 14.4. The van der Waals surface area contributed by atoms with Gasteiger partial charge in [-0.1, -0.05) is 28.7 Å². The monoisotopic (exact) mass is 309 g/mol. The number of hydrogen-bond acceptors (Lipinski definition) is 5. The average Bonchev–Trinajstić information content (AvgIpc) is 3.06. The minimum atomic E-state index is 0.314. The van der Waals surface area contributed by atoms with Gasteiger partial charge in [0.2, 0.25) is 5.13 Å². The molecule has 0 saturated heterocycles. The highest BCUT2D eigenvalue weighted by molar-refractivity contribution is 7.14. The molecule has 0 aliphatic heterocycles. The molecule has 0 amide bonds. The Bertz CT molecular complexity index is 878. The molecule has 0 fully saturated rings. The third-order valence-electron chi connectivity index (χ3n) is 3.75. The fourth-order valence-electron chi connectivity index (χ4n) is 2.19. The van der Waals surface area contributed by atoms with Gasteiger partial charge in [-0.2, -0.15) is 9.94 Å². The number of aromatic nitrogens is 4. The van der Waals surface area contributed by atoms with E-state index in [1.165, 1.54) is 11.1 Å². The molecule has 0 spiro atoms. The molecule has 0 atom stereocenters. The molecule has 110 valence electrons. The first-order valence-electron chi connectivity index (χ1n) is 6.89. The molecular weight excluding hydrogens is 294 g/mol. The van der Waals surface area contributed by atoms with Gasteiger partial charge in [0.25, 0.3) is 0 Å². The Balaban J connectivity index is 2.24. The van der Waals surface area contributed by atoms with Gasteiger partial charge in [-0.15, -0.1) is 5.10 Å². The summed E-state index contributed by atoms with van der Waals surface area (Å²) in [5, 5.41) is 18.2. The summed E-state index contributed by atoms with van der Waals surface area (Å²) in [6.45, 7) is 8.10. The SMILES string of the molecule is Cc1ccc(-c2c(C#N)nnn2-c2nc(C)c(C)s2)cc1C. The van der Waals surface area contributed by atoms with E-state index in [9.17, 15) is 5.26 Å². The molecule has 3 rings (SSSR count). The van der Waals surface area contributed by atoms with Crippen molar-refractivity contribution in [1.82, 2.24) is 20.0 Å². The minimum absolute atomic E-state index is 0.314. The molecule has 0 unspecified atom stereocenters. The largest absolute Gasteiger partial charge is 0.223 e. The number of nitrogens with zero attached hydrogens (tertiary/aromatic N) is 5. The quantitative estimate of drug-likeness (QED) is 0.726. The topological polar surface area (TPSA) is 67.4 Å². The van der Waals surface area contributed by atoms with Gasteiger partial charge < -0.3 is 0 Å². The van der Waals surface area contributed by atoms with Crippen LogP contribution in [-0.2, 0) is 0 Å². The van der Waals surface area contributed by atoms with E-state index < -0.39 is 0 Å². The van der Waals surface area contributed by atoms with E-state index in [1.807, 2.05) is 26.0 Å². The number of rotatable bonds is 2. The second kappa shape index (κ2) is 5.35. The molecule has 6 heteroatoms. The van der Waals surface area contributed by atoms with E-state index in [1.54, 1.807) is 16.0 Å². The Kier molecular flexibility index (Phi) is 3.51. The third kappa shape index (κ3) is 2.30. The Morgan fingerprint density at radius 2 is 1.91 bits per heavy atom. The summed E-state index contributed by atoms with van der Waals surface area (Å²) in [5.74, 6) is 0. The van der Waals surface area contributed by atoms with Gasteiger partial charge in [-0.3, -0.25) is 0 Å². The van der Waals surface area contributed by atoms with Crippen LogP contribution in [0.2, 0.25) is 0 Å². The van der Waals surface area contributed by atoms with Gasteiger partial charge in [0.15, 0.2) is 5.69 Å². The van der Waals surface area contributed by atoms with Crippen molar-refractivity contribution in [1.29, 1.82) is 5.26 Å². The maximum atomic E-state index is 9.34. The zero-order chi connectivity index (χ0) is 15.9. The lowest BCUT2D eigenvalue weighted by molar-refractivity contribution is 0.798. The summed E-state index contributed by atoms with van der Waals surface area (Å²) in [5.41, 5.74) is 5.28. The Morgan fingerprint density at radius 1 is 1.14 bits per heavy atom. The van der Waals surface area contributed by atoms with Gasteiger partial charge in [0, 0.05) is 10.4 Å². The molecule has 2 aromatic heterocycles. The average molecular weight is 309 g/mol. The molecule has 5 nitrogen and oxygen atoms in total. The van der Waals surface area contributed by atoms with Crippen LogP contribution in [0, 0.1) is 39.0 Å². The van der Waals surface area contributed by atoms with Crippen LogP contribution in [0.5, 0.6) is 0 Å². The highest BCUT2D eigenvalue weighted by atomic mass is 32.1. The summed E-state index contributed by atoms with van der Waals surface area (Å²) >= 11 is 1.55. The first-order chi connectivity index (χ1) is 10.5. The molecule has 0 aliphatic rings. The molecule has 0 aliphatic carbocycles. The minimum Gasteiger partial charge on any atom is -0.223 e. The summed E-state index contributed by atoms with van der Waals surface area (Å²) < 4.78 is 1.66. The lowest BCUT2D eigenvalue weighted by Gasteiger charge is -2.06. The van der Waals surface area contributed by atoms with E-state index >= 15 is 0 Å². The third-order valence-corrected chi connectivity index (χ3v) is 4.80. The van der Waals surface area contributed by atoms with E-state index in [2.05, 4.69) is 41.3 Å². The number of hydrogen-bond donors (Lipinski definition) is 0. The Hall–Kier alpha value is -2.52. The fourth-order valence-corrected chi connectivity index (χ4v) is 3.05. The van der Waals surface area contributed by atoms with Crippen molar-refractivity contribution in [3.63, 3.8) is 0 Å². The smallest absolute Gasteiger partial charge is 0.212 e. The van der Waals surface area contributed by atoms with E-state index in [-0.39, 0.29) is 0 Å². The van der Waals surface area contributed by atoms with Gasteiger partial charge in [-0.25, -0.2) is 4.98 Å². The molecule has 0 radical (unpaired) electrons.